The van der Waals surface area contributed by atoms with Crippen LogP contribution < -0.4 is 10.2 Å². The predicted octanol–water partition coefficient (Wildman–Crippen LogP) is 1.15. The lowest BCUT2D eigenvalue weighted by Gasteiger charge is -2.13. The fourth-order valence-electron chi connectivity index (χ4n) is 1.40. The van der Waals surface area contributed by atoms with Crippen molar-refractivity contribution in [2.75, 3.05) is 32.1 Å². The first kappa shape index (κ1) is 11.3. The van der Waals surface area contributed by atoms with Gasteiger partial charge in [0.25, 0.3) is 0 Å². The van der Waals surface area contributed by atoms with E-state index < -0.39 is 0 Å². The number of hydrogen-bond acceptors (Lipinski definition) is 4. The minimum absolute atomic E-state index is 0.738. The van der Waals surface area contributed by atoms with Crippen molar-refractivity contribution in [3.8, 4) is 0 Å². The van der Waals surface area contributed by atoms with Crippen LogP contribution in [0.4, 0.5) is 5.95 Å². The highest BCUT2D eigenvalue weighted by atomic mass is 79.9. The molecule has 5 nitrogen and oxygen atoms in total. The molecule has 0 saturated carbocycles. The molecule has 0 aliphatic heterocycles. The molecule has 0 aliphatic carbocycles. The molecule has 2 aromatic rings. The summed E-state index contributed by atoms with van der Waals surface area (Å²) < 4.78 is 2.73. The van der Waals surface area contributed by atoms with E-state index in [1.807, 2.05) is 37.3 Å². The Labute approximate surface area is 103 Å². The van der Waals surface area contributed by atoms with Crippen LogP contribution >= 0.6 is 15.9 Å². The smallest absolute Gasteiger partial charge is 0.245 e. The molecule has 1 N–H and O–H groups in total. The first-order chi connectivity index (χ1) is 7.72. The Bertz CT molecular complexity index is 481. The zero-order chi connectivity index (χ0) is 11.5. The van der Waals surface area contributed by atoms with Crippen LogP contribution in [0.2, 0.25) is 0 Å². The van der Waals surface area contributed by atoms with Crippen molar-refractivity contribution >= 4 is 27.5 Å². The number of fused-ring (bicyclic) bond motifs is 1. The van der Waals surface area contributed by atoms with Crippen LogP contribution in [-0.2, 0) is 0 Å². The third kappa shape index (κ3) is 2.17. The van der Waals surface area contributed by atoms with Crippen LogP contribution in [0.15, 0.2) is 22.8 Å². The molecule has 0 spiro atoms. The van der Waals surface area contributed by atoms with E-state index in [0.29, 0.717) is 0 Å². The average molecular weight is 284 g/mol. The Morgan fingerprint density at radius 1 is 1.56 bits per heavy atom. The monoisotopic (exact) mass is 283 g/mol. The van der Waals surface area contributed by atoms with Gasteiger partial charge in [-0.2, -0.15) is 4.98 Å². The lowest BCUT2D eigenvalue weighted by atomic mass is 10.5. The molecule has 0 unspecified atom stereocenters. The molecule has 0 saturated heterocycles. The van der Waals surface area contributed by atoms with Gasteiger partial charge in [0.1, 0.15) is 0 Å². The number of nitrogens with one attached hydrogen (secondary N) is 1. The topological polar surface area (TPSA) is 45.5 Å². The summed E-state index contributed by atoms with van der Waals surface area (Å²) in [5.74, 6) is 0.738. The van der Waals surface area contributed by atoms with Gasteiger partial charge in [0.15, 0.2) is 5.65 Å². The van der Waals surface area contributed by atoms with Crippen molar-refractivity contribution in [2.24, 2.45) is 0 Å². The maximum Gasteiger partial charge on any atom is 0.245 e. The fraction of sp³-hybridized carbons (Fsp3) is 0.400. The SMILES string of the molecule is CNCCN(C)c1nc2c(Br)cccn2n1. The summed E-state index contributed by atoms with van der Waals surface area (Å²) in [6.07, 6.45) is 1.89. The van der Waals surface area contributed by atoms with Gasteiger partial charge in [0.05, 0.1) is 4.47 Å². The Morgan fingerprint density at radius 2 is 2.38 bits per heavy atom. The van der Waals surface area contributed by atoms with Crippen molar-refractivity contribution in [3.05, 3.63) is 22.8 Å². The lowest BCUT2D eigenvalue weighted by Crippen LogP contribution is -2.27. The summed E-state index contributed by atoms with van der Waals surface area (Å²) in [5.41, 5.74) is 0.841. The van der Waals surface area contributed by atoms with Gasteiger partial charge in [-0.3, -0.25) is 0 Å². The van der Waals surface area contributed by atoms with Gasteiger partial charge in [-0.15, -0.1) is 5.10 Å². The number of nitrogens with zero attached hydrogens (tertiary/aromatic N) is 4. The van der Waals surface area contributed by atoms with Crippen LogP contribution in [0.1, 0.15) is 0 Å². The molecule has 0 amide bonds. The van der Waals surface area contributed by atoms with Gasteiger partial charge in [-0.25, -0.2) is 4.52 Å². The maximum absolute atomic E-state index is 4.47. The summed E-state index contributed by atoms with van der Waals surface area (Å²) in [7, 11) is 3.92. The second kappa shape index (κ2) is 4.80. The fourth-order valence-corrected chi connectivity index (χ4v) is 1.83. The summed E-state index contributed by atoms with van der Waals surface area (Å²) in [5, 5.41) is 7.50. The summed E-state index contributed by atoms with van der Waals surface area (Å²) >= 11 is 3.46. The minimum atomic E-state index is 0.738. The quantitative estimate of drug-likeness (QED) is 0.914. The van der Waals surface area contributed by atoms with Crippen molar-refractivity contribution in [3.63, 3.8) is 0 Å². The van der Waals surface area contributed by atoms with E-state index in [9.17, 15) is 0 Å². The molecule has 86 valence electrons. The van der Waals surface area contributed by atoms with Gasteiger partial charge < -0.3 is 10.2 Å². The van der Waals surface area contributed by atoms with Gasteiger partial charge in [-0.1, -0.05) is 0 Å². The molecule has 0 bridgehead atoms. The highest BCUT2D eigenvalue weighted by molar-refractivity contribution is 9.10. The highest BCUT2D eigenvalue weighted by Gasteiger charge is 2.09. The van der Waals surface area contributed by atoms with Gasteiger partial charge in [0, 0.05) is 26.3 Å². The molecule has 2 rings (SSSR count). The molecule has 0 aromatic carbocycles. The van der Waals surface area contributed by atoms with Crippen molar-refractivity contribution in [1.29, 1.82) is 0 Å². The number of rotatable bonds is 4. The molecule has 0 radical (unpaired) electrons. The lowest BCUT2D eigenvalue weighted by molar-refractivity contribution is 0.751. The molecule has 6 heteroatoms. The van der Waals surface area contributed by atoms with Crippen LogP contribution in [0, 0.1) is 0 Å². The second-order valence-corrected chi connectivity index (χ2v) is 4.42. The Morgan fingerprint density at radius 3 is 3.06 bits per heavy atom. The minimum Gasteiger partial charge on any atom is -0.341 e. The number of aromatic nitrogens is 3. The number of hydrogen-bond donors (Lipinski definition) is 1. The van der Waals surface area contributed by atoms with E-state index in [4.69, 9.17) is 0 Å². The standard InChI is InChI=1S/C10H14BrN5/c1-12-5-7-15(2)10-13-9-8(11)4-3-6-16(9)14-10/h3-4,6,12H,5,7H2,1-2H3. The third-order valence-electron chi connectivity index (χ3n) is 2.34. The van der Waals surface area contributed by atoms with Crippen LogP contribution in [0.3, 0.4) is 0 Å². The van der Waals surface area contributed by atoms with E-state index in [1.165, 1.54) is 0 Å². The van der Waals surface area contributed by atoms with Gasteiger partial charge >= 0.3 is 0 Å². The molecular weight excluding hydrogens is 270 g/mol. The maximum atomic E-state index is 4.47. The van der Waals surface area contributed by atoms with Crippen molar-refractivity contribution in [1.82, 2.24) is 19.9 Å². The summed E-state index contributed by atoms with van der Waals surface area (Å²) in [6, 6.07) is 3.89. The normalized spacial score (nSPS) is 10.9. The number of halogens is 1. The molecule has 0 atom stereocenters. The Kier molecular flexibility index (Phi) is 3.40. The van der Waals surface area contributed by atoms with Gasteiger partial charge in [0.2, 0.25) is 5.95 Å². The molecular formula is C10H14BrN5. The zero-order valence-electron chi connectivity index (χ0n) is 9.31. The Hall–Kier alpha value is -1.14. The van der Waals surface area contributed by atoms with Crippen molar-refractivity contribution < 1.29 is 0 Å². The number of pyridine rings is 1. The first-order valence-electron chi connectivity index (χ1n) is 5.09. The molecule has 0 aliphatic rings. The second-order valence-electron chi connectivity index (χ2n) is 3.56. The molecule has 16 heavy (non-hydrogen) atoms. The summed E-state index contributed by atoms with van der Waals surface area (Å²) in [4.78, 5) is 6.49. The highest BCUT2D eigenvalue weighted by Crippen LogP contribution is 2.17. The molecule has 2 aromatic heterocycles. The van der Waals surface area contributed by atoms with E-state index >= 15 is 0 Å². The van der Waals surface area contributed by atoms with Crippen molar-refractivity contribution in [2.45, 2.75) is 0 Å². The molecule has 2 heterocycles. The van der Waals surface area contributed by atoms with Crippen LogP contribution in [-0.4, -0.2) is 41.8 Å². The van der Waals surface area contributed by atoms with E-state index in [1.54, 1.807) is 4.52 Å². The average Bonchev–Trinajstić information content (AvgIpc) is 2.71. The van der Waals surface area contributed by atoms with E-state index in [-0.39, 0.29) is 0 Å². The van der Waals surface area contributed by atoms with E-state index in [2.05, 4.69) is 31.3 Å². The number of likely N-dealkylation sites (N-methyl/N-ethyl adjacent to an activating group) is 2. The first-order valence-corrected chi connectivity index (χ1v) is 5.88. The van der Waals surface area contributed by atoms with E-state index in [0.717, 1.165) is 29.2 Å². The summed E-state index contributed by atoms with van der Waals surface area (Å²) in [6.45, 7) is 1.79. The van der Waals surface area contributed by atoms with Crippen LogP contribution in [0.5, 0.6) is 0 Å². The zero-order valence-corrected chi connectivity index (χ0v) is 10.9. The molecule has 0 fully saturated rings. The predicted molar refractivity (Wildman–Crippen MR) is 67.9 cm³/mol. The van der Waals surface area contributed by atoms with Crippen LogP contribution in [0.25, 0.3) is 5.65 Å². The van der Waals surface area contributed by atoms with Gasteiger partial charge in [-0.05, 0) is 35.1 Å². The Balaban J connectivity index is 2.29. The third-order valence-corrected chi connectivity index (χ3v) is 2.96. The number of anilines is 1. The largest absolute Gasteiger partial charge is 0.341 e.